The number of methoxy groups -OCH3 is 2. The number of nitrogens with zero attached hydrogens (tertiary/aromatic N) is 1. The molecule has 4 heterocycles. The summed E-state index contributed by atoms with van der Waals surface area (Å²) in [6.07, 6.45) is -2.34. The first-order chi connectivity index (χ1) is 33.5. The van der Waals surface area contributed by atoms with Crippen molar-refractivity contribution in [3.63, 3.8) is 0 Å². The van der Waals surface area contributed by atoms with Crippen LogP contribution in [0.25, 0.3) is 10.9 Å². The van der Waals surface area contributed by atoms with Gasteiger partial charge in [0, 0.05) is 36.5 Å². The van der Waals surface area contributed by atoms with Gasteiger partial charge in [-0.2, -0.15) is 0 Å². The standard InChI is InChI=1S/C47H57N9O14/c1-47(2)69-40-38-39(68-46(40)70-47)45(63)54-31(17-24-12-14-27(57)15-13-24)42(60)52-32(18-25-22-49-29-10-6-5-9-28(25)29)43(61)51-30(11-7-8-16-48)41(59)53-33(44(62)55-38)20-37(58)50-23-26-19-35(66-3)36(67-4)21-34(26)56(64)65/h5-6,9-10,12-15,19,21-22,30-33,38-40,46,49,57H,7-8,11,16-18,20,23,48H2,1-4H3,(H,50,58)(H,51,61)(H,52,60)(H,53,59)(H,54,63)(H,55,62)/t30-,31-,32+,33-,38+,39-,40?,46+/m0/s1. The number of fused-ring (bicyclic) bond motifs is 4. The number of rotatable bonds is 15. The van der Waals surface area contributed by atoms with Crippen molar-refractivity contribution in [3.8, 4) is 17.2 Å². The second-order valence-corrected chi connectivity index (χ2v) is 17.6. The number of aromatic hydroxyl groups is 1. The summed E-state index contributed by atoms with van der Waals surface area (Å²) in [5.41, 5.74) is 7.38. The Morgan fingerprint density at radius 1 is 0.800 bits per heavy atom. The van der Waals surface area contributed by atoms with Crippen molar-refractivity contribution in [2.24, 2.45) is 5.73 Å². The number of carbonyl (C=O) groups is 6. The number of hydrogen-bond acceptors (Lipinski definition) is 15. The van der Waals surface area contributed by atoms with Gasteiger partial charge in [-0.05, 0) is 75.0 Å². The number of nitrogens with one attached hydrogen (secondary N) is 7. The maximum absolute atomic E-state index is 14.6. The highest BCUT2D eigenvalue weighted by Gasteiger charge is 2.58. The minimum absolute atomic E-state index is 0.0219. The van der Waals surface area contributed by atoms with E-state index in [4.69, 9.17) is 29.4 Å². The van der Waals surface area contributed by atoms with Gasteiger partial charge in [0.15, 0.2) is 29.7 Å². The van der Waals surface area contributed by atoms with Crippen LogP contribution in [-0.2, 0) is 62.4 Å². The molecule has 0 radical (unpaired) electrons. The van der Waals surface area contributed by atoms with Gasteiger partial charge in [-0.25, -0.2) is 0 Å². The van der Waals surface area contributed by atoms with Crippen LogP contribution in [0, 0.1) is 10.1 Å². The molecular formula is C47H57N9O14. The average molecular weight is 972 g/mol. The number of phenols is 1. The second kappa shape index (κ2) is 22.0. The summed E-state index contributed by atoms with van der Waals surface area (Å²) in [7, 11) is 2.64. The predicted molar refractivity (Wildman–Crippen MR) is 248 cm³/mol. The summed E-state index contributed by atoms with van der Waals surface area (Å²) in [4.78, 5) is 101. The zero-order valence-electron chi connectivity index (χ0n) is 38.9. The Kier molecular flexibility index (Phi) is 15.8. The highest BCUT2D eigenvalue weighted by molar-refractivity contribution is 5.98. The topological polar surface area (TPSA) is 326 Å². The summed E-state index contributed by atoms with van der Waals surface area (Å²) in [5.74, 6) is -6.20. The zero-order valence-corrected chi connectivity index (χ0v) is 38.9. The number of H-pyrrole nitrogens is 1. The number of nitrogens with two attached hydrogens (primary N) is 1. The third-order valence-electron chi connectivity index (χ3n) is 12.2. The van der Waals surface area contributed by atoms with Gasteiger partial charge in [0.25, 0.3) is 11.6 Å². The van der Waals surface area contributed by atoms with Crippen LogP contribution in [0.1, 0.15) is 56.2 Å². The monoisotopic (exact) mass is 971 g/mol. The van der Waals surface area contributed by atoms with Crippen LogP contribution >= 0.6 is 0 Å². The van der Waals surface area contributed by atoms with E-state index in [9.17, 15) is 44.0 Å². The Labute approximate surface area is 401 Å². The summed E-state index contributed by atoms with van der Waals surface area (Å²) in [6, 6.07) is 8.61. The summed E-state index contributed by atoms with van der Waals surface area (Å²) in [5, 5.41) is 39.0. The fraction of sp³-hybridized carbons (Fsp3) is 0.447. The van der Waals surface area contributed by atoms with Gasteiger partial charge in [0.2, 0.25) is 29.5 Å². The minimum atomic E-state index is -1.70. The van der Waals surface area contributed by atoms with E-state index < -0.39 is 114 Å². The van der Waals surface area contributed by atoms with E-state index in [0.29, 0.717) is 24.0 Å². The number of nitro groups is 1. The average Bonchev–Trinajstić information content (AvgIpc) is 3.99. The molecule has 0 spiro atoms. The molecule has 1 aromatic heterocycles. The molecule has 70 heavy (non-hydrogen) atoms. The van der Waals surface area contributed by atoms with Crippen LogP contribution in [0.15, 0.2) is 66.9 Å². The third-order valence-corrected chi connectivity index (χ3v) is 12.2. The lowest BCUT2D eigenvalue weighted by Gasteiger charge is -2.30. The van der Waals surface area contributed by atoms with Crippen LogP contribution in [0.2, 0.25) is 0 Å². The summed E-state index contributed by atoms with van der Waals surface area (Å²) >= 11 is 0. The Balaban J connectivity index is 1.25. The maximum Gasteiger partial charge on any atom is 0.278 e. The minimum Gasteiger partial charge on any atom is -0.508 e. The first-order valence-corrected chi connectivity index (χ1v) is 22.7. The van der Waals surface area contributed by atoms with Gasteiger partial charge >= 0.3 is 0 Å². The third kappa shape index (κ3) is 11.9. The van der Waals surface area contributed by atoms with Crippen molar-refractivity contribution < 1.29 is 62.5 Å². The van der Waals surface area contributed by atoms with Crippen molar-refractivity contribution in [1.29, 1.82) is 0 Å². The lowest BCUT2D eigenvalue weighted by atomic mass is 10.00. The zero-order chi connectivity index (χ0) is 50.3. The van der Waals surface area contributed by atoms with Gasteiger partial charge in [0.1, 0.15) is 36.0 Å². The molecule has 3 aromatic carbocycles. The highest BCUT2D eigenvalue weighted by atomic mass is 16.8. The fourth-order valence-corrected chi connectivity index (χ4v) is 8.68. The van der Waals surface area contributed by atoms with Crippen LogP contribution in [0.5, 0.6) is 17.2 Å². The van der Waals surface area contributed by atoms with E-state index in [2.05, 4.69) is 36.9 Å². The number of aromatic nitrogens is 1. The molecule has 4 aromatic rings. The predicted octanol–water partition coefficient (Wildman–Crippen LogP) is 0.734. The Morgan fingerprint density at radius 2 is 1.43 bits per heavy atom. The van der Waals surface area contributed by atoms with Gasteiger partial charge in [-0.1, -0.05) is 30.3 Å². The molecule has 3 aliphatic heterocycles. The number of carbonyl (C=O) groups excluding carboxylic acids is 6. The molecule has 3 aliphatic rings. The molecule has 0 saturated carbocycles. The van der Waals surface area contributed by atoms with Gasteiger partial charge < -0.3 is 71.4 Å². The lowest BCUT2D eigenvalue weighted by Crippen LogP contribution is -2.63. The molecule has 7 rings (SSSR count). The van der Waals surface area contributed by atoms with E-state index in [-0.39, 0.29) is 48.6 Å². The number of hydrogen-bond donors (Lipinski definition) is 9. The van der Waals surface area contributed by atoms with E-state index in [1.165, 1.54) is 32.4 Å². The van der Waals surface area contributed by atoms with E-state index >= 15 is 0 Å². The molecule has 23 nitrogen and oxygen atoms in total. The highest BCUT2D eigenvalue weighted by Crippen LogP contribution is 2.38. The Morgan fingerprint density at radius 3 is 2.13 bits per heavy atom. The number of unbranched alkanes of at least 4 members (excludes halogenated alkanes) is 1. The molecule has 0 bridgehead atoms. The summed E-state index contributed by atoms with van der Waals surface area (Å²) in [6.45, 7) is 3.05. The van der Waals surface area contributed by atoms with Crippen LogP contribution in [0.3, 0.4) is 0 Å². The van der Waals surface area contributed by atoms with E-state index in [0.717, 1.165) is 17.0 Å². The molecule has 6 amide bonds. The molecule has 23 heteroatoms. The number of aromatic amines is 1. The molecule has 374 valence electrons. The van der Waals surface area contributed by atoms with Crippen LogP contribution < -0.4 is 47.1 Å². The number of amides is 6. The molecule has 1 unspecified atom stereocenters. The van der Waals surface area contributed by atoms with Crippen molar-refractivity contribution >= 4 is 52.0 Å². The molecule has 3 fully saturated rings. The number of phenolic OH excluding ortho intramolecular Hbond substituents is 1. The second-order valence-electron chi connectivity index (χ2n) is 17.6. The largest absolute Gasteiger partial charge is 0.508 e. The fourth-order valence-electron chi connectivity index (χ4n) is 8.68. The first kappa shape index (κ1) is 50.5. The molecular weight excluding hydrogens is 915 g/mol. The molecule has 10 N–H and O–H groups in total. The quantitative estimate of drug-likeness (QED) is 0.0451. The van der Waals surface area contributed by atoms with Gasteiger partial charge in [-0.15, -0.1) is 0 Å². The van der Waals surface area contributed by atoms with Crippen LogP contribution in [-0.4, -0.2) is 126 Å². The van der Waals surface area contributed by atoms with Gasteiger partial charge in [-0.3, -0.25) is 38.9 Å². The van der Waals surface area contributed by atoms with E-state index in [1.807, 2.05) is 24.3 Å². The molecule has 8 atom stereocenters. The first-order valence-electron chi connectivity index (χ1n) is 22.7. The van der Waals surface area contributed by atoms with Crippen molar-refractivity contribution in [3.05, 3.63) is 93.7 Å². The van der Waals surface area contributed by atoms with Crippen molar-refractivity contribution in [1.82, 2.24) is 36.9 Å². The number of nitro benzene ring substituents is 1. The van der Waals surface area contributed by atoms with Crippen molar-refractivity contribution in [2.45, 2.75) is 113 Å². The lowest BCUT2D eigenvalue weighted by molar-refractivity contribution is -0.385. The summed E-state index contributed by atoms with van der Waals surface area (Å²) < 4.78 is 28.7. The van der Waals surface area contributed by atoms with Gasteiger partial charge in [0.05, 0.1) is 43.2 Å². The molecule has 3 saturated heterocycles. The van der Waals surface area contributed by atoms with Crippen LogP contribution in [0.4, 0.5) is 5.69 Å². The number of benzene rings is 3. The Hall–Kier alpha value is -7.34. The maximum atomic E-state index is 14.6. The SMILES string of the molecule is COc1cc(CNC(=O)C[C@@H]2NC(=O)[C@H](CCCCN)NC(=O)[C@@H](Cc3c[nH]c4ccccc34)NC(=O)[C@H](Cc3ccc(O)cc3)NC(=O)[C@H]3O[C@@H]4OC(C)(C)OC4[C@@H]3NC2=O)c([N+](=O)[O-])cc1OC. The smallest absolute Gasteiger partial charge is 0.278 e. The van der Waals surface area contributed by atoms with E-state index in [1.54, 1.807) is 32.2 Å². The number of para-hydroxylation sites is 1. The number of ether oxygens (including phenoxy) is 5. The van der Waals surface area contributed by atoms with Crippen molar-refractivity contribution in [2.75, 3.05) is 20.8 Å². The molecule has 0 aliphatic carbocycles. The Bertz CT molecular complexity index is 2610. The normalized spacial score (nSPS) is 24.8.